The Bertz CT molecular complexity index is 1430. The number of hydrogen-bond donors (Lipinski definition) is 3. The van der Waals surface area contributed by atoms with E-state index in [4.69, 9.17) is 4.74 Å². The number of anilines is 2. The monoisotopic (exact) mass is 548 g/mol. The van der Waals surface area contributed by atoms with Crippen molar-refractivity contribution in [2.45, 2.75) is 20.3 Å². The number of rotatable bonds is 7. The number of fused-ring (bicyclic) bond motifs is 1. The predicted molar refractivity (Wildman–Crippen MR) is 144 cm³/mol. The maximum Gasteiger partial charge on any atom is 0.328 e. The minimum absolute atomic E-state index is 0.171. The van der Waals surface area contributed by atoms with Crippen molar-refractivity contribution in [3.8, 4) is 5.75 Å². The van der Waals surface area contributed by atoms with Crippen LogP contribution in [0.4, 0.5) is 11.4 Å². The van der Waals surface area contributed by atoms with Gasteiger partial charge in [-0.1, -0.05) is 41.1 Å². The van der Waals surface area contributed by atoms with Crippen molar-refractivity contribution >= 4 is 55.9 Å². The van der Waals surface area contributed by atoms with Crippen molar-refractivity contribution in [3.63, 3.8) is 0 Å². The molecule has 8 nitrogen and oxygen atoms in total. The van der Waals surface area contributed by atoms with Crippen LogP contribution in [-0.2, 0) is 9.59 Å². The van der Waals surface area contributed by atoms with Crippen LogP contribution in [-0.4, -0.2) is 29.0 Å². The normalized spacial score (nSPS) is 10.6. The summed E-state index contributed by atoms with van der Waals surface area (Å²) in [5.41, 5.74) is 5.28. The summed E-state index contributed by atoms with van der Waals surface area (Å²) in [5.74, 6) is -1.55. The first-order valence-electron chi connectivity index (χ1n) is 11.4. The van der Waals surface area contributed by atoms with Crippen molar-refractivity contribution in [2.24, 2.45) is 0 Å². The number of amides is 3. The second-order valence-electron chi connectivity index (χ2n) is 8.11. The summed E-state index contributed by atoms with van der Waals surface area (Å²) in [7, 11) is 0. The topological polar surface area (TPSA) is 101 Å². The van der Waals surface area contributed by atoms with Crippen LogP contribution >= 0.6 is 15.9 Å². The van der Waals surface area contributed by atoms with E-state index in [0.29, 0.717) is 34.6 Å². The van der Waals surface area contributed by atoms with Crippen molar-refractivity contribution in [3.05, 3.63) is 88.5 Å². The Morgan fingerprint density at radius 1 is 0.917 bits per heavy atom. The molecule has 3 amide bonds. The van der Waals surface area contributed by atoms with Crippen LogP contribution in [0.5, 0.6) is 5.75 Å². The van der Waals surface area contributed by atoms with Gasteiger partial charge >= 0.3 is 11.8 Å². The largest absolute Gasteiger partial charge is 0.494 e. The zero-order valence-corrected chi connectivity index (χ0v) is 21.4. The molecule has 184 valence electrons. The molecule has 0 radical (unpaired) electrons. The molecule has 0 aliphatic carbocycles. The summed E-state index contributed by atoms with van der Waals surface area (Å²) >= 11 is 3.43. The first-order valence-corrected chi connectivity index (χ1v) is 12.2. The molecule has 0 saturated heterocycles. The lowest BCUT2D eigenvalue weighted by molar-refractivity contribution is -0.133. The summed E-state index contributed by atoms with van der Waals surface area (Å²) in [6, 6.07) is 21.1. The summed E-state index contributed by atoms with van der Waals surface area (Å²) < 4.78 is 7.66. The SMILES string of the molecule is CCCOc1ccc(NC(=O)C(=O)Nn2c(C(=O)Nc3ccccc3C)cc3cc(Br)ccc32)cc1. The third-order valence-electron chi connectivity index (χ3n) is 5.39. The molecule has 1 heterocycles. The van der Waals surface area contributed by atoms with E-state index in [1.54, 1.807) is 48.5 Å². The zero-order valence-electron chi connectivity index (χ0n) is 19.8. The Morgan fingerprint density at radius 3 is 2.39 bits per heavy atom. The highest BCUT2D eigenvalue weighted by molar-refractivity contribution is 9.10. The fourth-order valence-electron chi connectivity index (χ4n) is 3.57. The molecule has 1 aromatic heterocycles. The maximum absolute atomic E-state index is 13.2. The lowest BCUT2D eigenvalue weighted by Crippen LogP contribution is -2.36. The quantitative estimate of drug-likeness (QED) is 0.267. The van der Waals surface area contributed by atoms with Gasteiger partial charge in [0.05, 0.1) is 12.1 Å². The van der Waals surface area contributed by atoms with Crippen LogP contribution in [0.15, 0.2) is 77.3 Å². The lowest BCUT2D eigenvalue weighted by Gasteiger charge is -2.13. The van der Waals surface area contributed by atoms with E-state index in [2.05, 4.69) is 32.0 Å². The van der Waals surface area contributed by atoms with Gasteiger partial charge in [-0.15, -0.1) is 0 Å². The van der Waals surface area contributed by atoms with Gasteiger partial charge < -0.3 is 15.4 Å². The fraction of sp³-hybridized carbons (Fsp3) is 0.148. The van der Waals surface area contributed by atoms with Crippen molar-refractivity contribution in [2.75, 3.05) is 22.7 Å². The molecule has 0 unspecified atom stereocenters. The predicted octanol–water partition coefficient (Wildman–Crippen LogP) is 5.46. The molecule has 36 heavy (non-hydrogen) atoms. The third kappa shape index (κ3) is 5.75. The van der Waals surface area contributed by atoms with Crippen LogP contribution in [0.2, 0.25) is 0 Å². The number of nitrogens with one attached hydrogen (secondary N) is 3. The second-order valence-corrected chi connectivity index (χ2v) is 9.02. The number of carbonyl (C=O) groups is 3. The third-order valence-corrected chi connectivity index (χ3v) is 5.89. The molecule has 9 heteroatoms. The molecular formula is C27H25BrN4O4. The van der Waals surface area contributed by atoms with Gasteiger partial charge in [0, 0.05) is 21.2 Å². The number of nitrogens with zero attached hydrogens (tertiary/aromatic N) is 1. The Labute approximate surface area is 216 Å². The van der Waals surface area contributed by atoms with Crippen molar-refractivity contribution in [1.29, 1.82) is 0 Å². The highest BCUT2D eigenvalue weighted by atomic mass is 79.9. The molecule has 0 fully saturated rings. The fourth-order valence-corrected chi connectivity index (χ4v) is 3.95. The molecule has 4 rings (SSSR count). The number of hydrogen-bond acceptors (Lipinski definition) is 4. The number of carbonyl (C=O) groups excluding carboxylic acids is 3. The standard InChI is InChI=1S/C27H25BrN4O4/c1-3-14-36-21-11-9-20(10-12-21)29-26(34)27(35)31-32-23-13-8-19(28)15-18(23)16-24(32)25(33)30-22-7-5-4-6-17(22)2/h4-13,15-16H,3,14H2,1-2H3,(H,29,34)(H,30,33)(H,31,35). The van der Waals surface area contributed by atoms with Crippen LogP contribution < -0.4 is 20.8 Å². The molecule has 0 aliphatic rings. The average molecular weight is 549 g/mol. The maximum atomic E-state index is 13.2. The van der Waals surface area contributed by atoms with E-state index in [1.807, 2.05) is 38.1 Å². The summed E-state index contributed by atoms with van der Waals surface area (Å²) in [6.45, 7) is 4.49. The minimum Gasteiger partial charge on any atom is -0.494 e. The average Bonchev–Trinajstić information content (AvgIpc) is 3.22. The number of aryl methyl sites for hydroxylation is 1. The van der Waals surface area contributed by atoms with E-state index in [9.17, 15) is 14.4 Å². The lowest BCUT2D eigenvalue weighted by atomic mass is 10.2. The number of aromatic nitrogens is 1. The Balaban J connectivity index is 1.55. The van der Waals surface area contributed by atoms with Gasteiger partial charge in [0.2, 0.25) is 0 Å². The number of halogens is 1. The van der Waals surface area contributed by atoms with Gasteiger partial charge in [0.25, 0.3) is 5.91 Å². The number of ether oxygens (including phenoxy) is 1. The van der Waals surface area contributed by atoms with E-state index < -0.39 is 17.7 Å². The molecule has 3 aromatic carbocycles. The summed E-state index contributed by atoms with van der Waals surface area (Å²) in [6.07, 6.45) is 0.884. The highest BCUT2D eigenvalue weighted by Gasteiger charge is 2.21. The molecule has 3 N–H and O–H groups in total. The van der Waals surface area contributed by atoms with Crippen molar-refractivity contribution < 1.29 is 19.1 Å². The van der Waals surface area contributed by atoms with Gasteiger partial charge in [-0.25, -0.2) is 4.68 Å². The van der Waals surface area contributed by atoms with Crippen molar-refractivity contribution in [1.82, 2.24) is 4.68 Å². The first kappa shape index (κ1) is 25.0. The van der Waals surface area contributed by atoms with Gasteiger partial charge in [-0.05, 0) is 73.5 Å². The zero-order chi connectivity index (χ0) is 25.7. The van der Waals surface area contributed by atoms with Gasteiger partial charge in [-0.2, -0.15) is 0 Å². The minimum atomic E-state index is -0.924. The Morgan fingerprint density at radius 2 is 1.67 bits per heavy atom. The van der Waals surface area contributed by atoms with Crippen LogP contribution in [0.1, 0.15) is 29.4 Å². The molecular weight excluding hydrogens is 524 g/mol. The van der Waals surface area contributed by atoms with E-state index >= 15 is 0 Å². The van der Waals surface area contributed by atoms with Gasteiger partial charge in [-0.3, -0.25) is 19.8 Å². The van der Waals surface area contributed by atoms with Gasteiger partial charge in [0.1, 0.15) is 11.4 Å². The van der Waals surface area contributed by atoms with Crippen LogP contribution in [0.3, 0.4) is 0 Å². The molecule has 0 aliphatic heterocycles. The van der Waals surface area contributed by atoms with E-state index in [-0.39, 0.29) is 5.69 Å². The first-order chi connectivity index (χ1) is 17.4. The molecule has 4 aromatic rings. The number of benzene rings is 3. The Kier molecular flexibility index (Phi) is 7.70. The highest BCUT2D eigenvalue weighted by Crippen LogP contribution is 2.24. The summed E-state index contributed by atoms with van der Waals surface area (Å²) in [4.78, 5) is 38.6. The molecule has 0 atom stereocenters. The number of para-hydroxylation sites is 1. The Hall–Kier alpha value is -4.11. The molecule has 0 bridgehead atoms. The van der Waals surface area contributed by atoms with E-state index in [0.717, 1.165) is 16.5 Å². The molecule has 0 spiro atoms. The molecule has 0 saturated carbocycles. The second kappa shape index (κ2) is 11.1. The van der Waals surface area contributed by atoms with Gasteiger partial charge in [0.15, 0.2) is 0 Å². The van der Waals surface area contributed by atoms with E-state index in [1.165, 1.54) is 4.68 Å². The smallest absolute Gasteiger partial charge is 0.328 e. The van der Waals surface area contributed by atoms with Crippen LogP contribution in [0, 0.1) is 6.92 Å². The van der Waals surface area contributed by atoms with Crippen LogP contribution in [0.25, 0.3) is 10.9 Å². The summed E-state index contributed by atoms with van der Waals surface area (Å²) in [5, 5.41) is 6.14.